The minimum atomic E-state index is -4.43. The quantitative estimate of drug-likeness (QED) is 0.481. The molecule has 0 aromatic heterocycles. The molecular weight excluding hydrogens is 496 g/mol. The first kappa shape index (κ1) is 26.3. The zero-order valence-electron chi connectivity index (χ0n) is 19.6. The third-order valence-electron chi connectivity index (χ3n) is 6.32. The molecule has 1 atom stereocenters. The normalized spacial score (nSPS) is 19.6. The number of nitrogens with zero attached hydrogens (tertiary/aromatic N) is 3. The number of anilines is 1. The number of thiocarbonyl (C=S) groups is 1. The second-order valence-corrected chi connectivity index (χ2v) is 9.28. The summed E-state index contributed by atoms with van der Waals surface area (Å²) >= 11 is 5.53. The first-order chi connectivity index (χ1) is 17.2. The van der Waals surface area contributed by atoms with Crippen molar-refractivity contribution in [2.24, 2.45) is 0 Å². The Morgan fingerprint density at radius 2 is 1.69 bits per heavy atom. The van der Waals surface area contributed by atoms with Crippen LogP contribution < -0.4 is 5.32 Å². The fourth-order valence-electron chi connectivity index (χ4n) is 4.38. The van der Waals surface area contributed by atoms with E-state index in [0.29, 0.717) is 51.0 Å². The van der Waals surface area contributed by atoms with Crippen LogP contribution in [0, 0.1) is 5.82 Å². The van der Waals surface area contributed by atoms with Gasteiger partial charge in [-0.15, -0.1) is 0 Å². The van der Waals surface area contributed by atoms with Crippen LogP contribution in [-0.2, 0) is 10.9 Å². The predicted octanol–water partition coefficient (Wildman–Crippen LogP) is 4.09. The molecule has 1 N–H and O–H groups in total. The molecule has 0 saturated carbocycles. The van der Waals surface area contributed by atoms with Gasteiger partial charge in [-0.3, -0.25) is 9.69 Å². The minimum absolute atomic E-state index is 0.0658. The van der Waals surface area contributed by atoms with Crippen LogP contribution in [0.25, 0.3) is 0 Å². The van der Waals surface area contributed by atoms with Gasteiger partial charge in [0.15, 0.2) is 5.11 Å². The molecule has 0 spiro atoms. The fraction of sp³-hybridized carbons (Fsp3) is 0.440. The van der Waals surface area contributed by atoms with Gasteiger partial charge in [0.2, 0.25) is 0 Å². The number of halogens is 4. The van der Waals surface area contributed by atoms with Gasteiger partial charge in [-0.1, -0.05) is 0 Å². The third kappa shape index (κ3) is 6.92. The first-order valence-electron chi connectivity index (χ1n) is 11.8. The monoisotopic (exact) mass is 524 g/mol. The fourth-order valence-corrected chi connectivity index (χ4v) is 4.66. The predicted molar refractivity (Wildman–Crippen MR) is 132 cm³/mol. The van der Waals surface area contributed by atoms with E-state index in [1.54, 1.807) is 17.0 Å². The molecule has 1 amide bonds. The number of hydrogen-bond acceptors (Lipinski definition) is 4. The van der Waals surface area contributed by atoms with E-state index in [2.05, 4.69) is 10.2 Å². The summed E-state index contributed by atoms with van der Waals surface area (Å²) in [4.78, 5) is 18.8. The van der Waals surface area contributed by atoms with E-state index in [0.717, 1.165) is 30.8 Å². The average Bonchev–Trinajstić information content (AvgIpc) is 3.10. The molecule has 2 aromatic rings. The van der Waals surface area contributed by atoms with E-state index in [1.165, 1.54) is 24.3 Å². The van der Waals surface area contributed by atoms with Crippen LogP contribution >= 0.6 is 12.2 Å². The molecule has 0 radical (unpaired) electrons. The van der Waals surface area contributed by atoms with Gasteiger partial charge >= 0.3 is 6.18 Å². The van der Waals surface area contributed by atoms with E-state index in [4.69, 9.17) is 17.0 Å². The topological polar surface area (TPSA) is 48.1 Å². The summed E-state index contributed by atoms with van der Waals surface area (Å²) in [6, 6.07) is 10.4. The second-order valence-electron chi connectivity index (χ2n) is 8.90. The van der Waals surface area contributed by atoms with Gasteiger partial charge in [0.05, 0.1) is 18.3 Å². The van der Waals surface area contributed by atoms with E-state index >= 15 is 0 Å². The Bertz CT molecular complexity index is 1050. The van der Waals surface area contributed by atoms with E-state index in [1.807, 2.05) is 4.90 Å². The van der Waals surface area contributed by atoms with Crippen molar-refractivity contribution >= 4 is 28.9 Å². The lowest BCUT2D eigenvalue weighted by molar-refractivity contribution is -0.137. The van der Waals surface area contributed by atoms with Gasteiger partial charge in [0.1, 0.15) is 5.82 Å². The van der Waals surface area contributed by atoms with Crippen LogP contribution in [0.15, 0.2) is 48.5 Å². The van der Waals surface area contributed by atoms with Crippen molar-refractivity contribution in [1.29, 1.82) is 0 Å². The lowest BCUT2D eigenvalue weighted by Crippen LogP contribution is -2.51. The lowest BCUT2D eigenvalue weighted by atomic mass is 10.1. The Morgan fingerprint density at radius 1 is 0.972 bits per heavy atom. The number of benzene rings is 2. The highest BCUT2D eigenvalue weighted by Gasteiger charge is 2.31. The number of alkyl halides is 3. The number of rotatable bonds is 4. The van der Waals surface area contributed by atoms with Crippen LogP contribution in [0.3, 0.4) is 0 Å². The molecule has 2 aliphatic heterocycles. The summed E-state index contributed by atoms with van der Waals surface area (Å²) in [5, 5.41) is 3.69. The number of hydrogen-bond donors (Lipinski definition) is 1. The molecule has 2 heterocycles. The van der Waals surface area contributed by atoms with Gasteiger partial charge in [-0.25, -0.2) is 4.39 Å². The Labute approximate surface area is 212 Å². The molecule has 0 bridgehead atoms. The molecule has 2 aromatic carbocycles. The van der Waals surface area contributed by atoms with E-state index in [-0.39, 0.29) is 23.4 Å². The maximum atomic E-state index is 13.1. The van der Waals surface area contributed by atoms with Gasteiger partial charge < -0.3 is 19.9 Å². The molecule has 6 nitrogen and oxygen atoms in total. The summed E-state index contributed by atoms with van der Waals surface area (Å²) in [7, 11) is 0. The Morgan fingerprint density at radius 3 is 2.39 bits per heavy atom. The highest BCUT2D eigenvalue weighted by molar-refractivity contribution is 7.80. The molecule has 194 valence electrons. The molecule has 2 fully saturated rings. The Hall–Kier alpha value is -2.76. The van der Waals surface area contributed by atoms with Crippen molar-refractivity contribution in [3.63, 3.8) is 0 Å². The number of ether oxygens (including phenoxy) is 1. The largest absolute Gasteiger partial charge is 0.416 e. The Kier molecular flexibility index (Phi) is 8.43. The maximum absolute atomic E-state index is 13.1. The number of amides is 1. The van der Waals surface area contributed by atoms with Gasteiger partial charge in [-0.2, -0.15) is 13.2 Å². The highest BCUT2D eigenvalue weighted by atomic mass is 32.1. The number of carbonyl (C=O) groups is 1. The molecule has 2 saturated heterocycles. The second kappa shape index (κ2) is 11.5. The molecule has 0 aliphatic carbocycles. The smallest absolute Gasteiger partial charge is 0.373 e. The van der Waals surface area contributed by atoms with Crippen molar-refractivity contribution in [1.82, 2.24) is 14.7 Å². The van der Waals surface area contributed by atoms with Crippen molar-refractivity contribution in [3.8, 4) is 0 Å². The summed E-state index contributed by atoms with van der Waals surface area (Å²) in [6.45, 7) is 4.93. The highest BCUT2D eigenvalue weighted by Crippen LogP contribution is 2.29. The third-order valence-corrected chi connectivity index (χ3v) is 6.68. The Balaban J connectivity index is 1.27. The first-order valence-corrected chi connectivity index (χ1v) is 12.2. The summed E-state index contributed by atoms with van der Waals surface area (Å²) in [5.41, 5.74) is 0.203. The van der Waals surface area contributed by atoms with Crippen LogP contribution in [0.4, 0.5) is 23.2 Å². The summed E-state index contributed by atoms with van der Waals surface area (Å²) < 4.78 is 57.5. The van der Waals surface area contributed by atoms with Crippen LogP contribution in [0.2, 0.25) is 0 Å². The van der Waals surface area contributed by atoms with Gasteiger partial charge in [-0.05, 0) is 73.7 Å². The molecule has 11 heteroatoms. The SMILES string of the molecule is O=C(c1ccc(C(F)(F)F)cc1)N1CCCN(CC2CN(C(=S)Nc3ccc(F)cc3)CCO2)CC1. The molecular formula is C25H28F4N4O2S. The van der Waals surface area contributed by atoms with Gasteiger partial charge in [0, 0.05) is 50.5 Å². The lowest BCUT2D eigenvalue weighted by Gasteiger charge is -2.36. The van der Waals surface area contributed by atoms with Gasteiger partial charge in [0.25, 0.3) is 5.91 Å². The van der Waals surface area contributed by atoms with E-state index in [9.17, 15) is 22.4 Å². The number of morpholine rings is 1. The minimum Gasteiger partial charge on any atom is -0.373 e. The van der Waals surface area contributed by atoms with Crippen molar-refractivity contribution in [2.45, 2.75) is 18.7 Å². The van der Waals surface area contributed by atoms with E-state index < -0.39 is 11.7 Å². The number of nitrogens with one attached hydrogen (secondary N) is 1. The maximum Gasteiger partial charge on any atom is 0.416 e. The molecule has 36 heavy (non-hydrogen) atoms. The standard InChI is InChI=1S/C25H28F4N4O2S/c26-20-6-8-21(9-7-20)30-24(36)33-14-15-35-22(17-33)16-31-10-1-11-32(13-12-31)23(34)18-2-4-19(5-3-18)25(27,28)29/h2-9,22H,1,10-17H2,(H,30,36). The van der Waals surface area contributed by atoms with Crippen molar-refractivity contribution in [2.75, 3.05) is 57.7 Å². The zero-order valence-corrected chi connectivity index (χ0v) is 20.5. The van der Waals surface area contributed by atoms with Crippen molar-refractivity contribution in [3.05, 3.63) is 65.5 Å². The van der Waals surface area contributed by atoms with Crippen LogP contribution in [0.5, 0.6) is 0 Å². The zero-order chi connectivity index (χ0) is 25.7. The molecule has 4 rings (SSSR count). The summed E-state index contributed by atoms with van der Waals surface area (Å²) in [5.74, 6) is -0.571. The van der Waals surface area contributed by atoms with Crippen LogP contribution in [0.1, 0.15) is 22.3 Å². The average molecular weight is 525 g/mol. The summed E-state index contributed by atoms with van der Waals surface area (Å²) in [6.07, 6.45) is -3.74. The number of carbonyl (C=O) groups excluding carboxylic acids is 1. The van der Waals surface area contributed by atoms with Crippen LogP contribution in [-0.4, -0.2) is 84.2 Å². The molecule has 2 aliphatic rings. The molecule has 1 unspecified atom stereocenters. The van der Waals surface area contributed by atoms with Crippen molar-refractivity contribution < 1.29 is 27.1 Å².